The Bertz CT molecular complexity index is 771. The highest BCUT2D eigenvalue weighted by atomic mass is 16.5. The number of phenolic OH excluding ortho intramolecular Hbond substituents is 1. The minimum atomic E-state index is -0.293. The van der Waals surface area contributed by atoms with E-state index in [0.717, 1.165) is 18.7 Å². The molecular formula is C18H18N2O4. The average molecular weight is 326 g/mol. The van der Waals surface area contributed by atoms with Crippen LogP contribution in [-0.4, -0.2) is 30.6 Å². The summed E-state index contributed by atoms with van der Waals surface area (Å²) < 4.78 is 4.97. The zero-order chi connectivity index (χ0) is 17.1. The van der Waals surface area contributed by atoms with Gasteiger partial charge >= 0.3 is 0 Å². The monoisotopic (exact) mass is 326 g/mol. The van der Waals surface area contributed by atoms with Gasteiger partial charge in [0.25, 0.3) is 5.91 Å². The van der Waals surface area contributed by atoms with E-state index in [-0.39, 0.29) is 17.6 Å². The topological polar surface area (TPSA) is 78.9 Å². The lowest BCUT2D eigenvalue weighted by Crippen LogP contribution is -2.23. The summed E-state index contributed by atoms with van der Waals surface area (Å²) in [5.74, 6) is 0.116. The number of phenols is 1. The van der Waals surface area contributed by atoms with Crippen molar-refractivity contribution < 1.29 is 19.4 Å². The first kappa shape index (κ1) is 15.9. The molecule has 1 aliphatic heterocycles. The summed E-state index contributed by atoms with van der Waals surface area (Å²) in [7, 11) is 1.46. The Kier molecular flexibility index (Phi) is 4.37. The fourth-order valence-electron chi connectivity index (χ4n) is 2.68. The molecule has 2 aromatic carbocycles. The van der Waals surface area contributed by atoms with Crippen molar-refractivity contribution in [2.75, 3.05) is 23.9 Å². The number of hydrogen-bond donors (Lipinski definition) is 2. The summed E-state index contributed by atoms with van der Waals surface area (Å²) in [5.41, 5.74) is 1.74. The molecule has 3 rings (SSSR count). The molecule has 0 bridgehead atoms. The molecular weight excluding hydrogens is 308 g/mol. The van der Waals surface area contributed by atoms with Gasteiger partial charge in [-0.2, -0.15) is 0 Å². The van der Waals surface area contributed by atoms with Crippen molar-refractivity contribution in [3.8, 4) is 11.5 Å². The van der Waals surface area contributed by atoms with Gasteiger partial charge in [-0.3, -0.25) is 9.59 Å². The van der Waals surface area contributed by atoms with Crippen molar-refractivity contribution in [3.63, 3.8) is 0 Å². The second-order valence-electron chi connectivity index (χ2n) is 5.54. The molecule has 1 aliphatic rings. The third-order valence-corrected chi connectivity index (χ3v) is 3.95. The van der Waals surface area contributed by atoms with E-state index in [2.05, 4.69) is 5.32 Å². The molecule has 2 aromatic rings. The highest BCUT2D eigenvalue weighted by Crippen LogP contribution is 2.29. The highest BCUT2D eigenvalue weighted by molar-refractivity contribution is 6.05. The zero-order valence-corrected chi connectivity index (χ0v) is 13.3. The van der Waals surface area contributed by atoms with Crippen LogP contribution >= 0.6 is 0 Å². The van der Waals surface area contributed by atoms with Crippen LogP contribution in [0.3, 0.4) is 0 Å². The molecule has 1 heterocycles. The number of hydrogen-bond acceptors (Lipinski definition) is 4. The number of benzene rings is 2. The molecule has 0 unspecified atom stereocenters. The predicted octanol–water partition coefficient (Wildman–Crippen LogP) is 2.78. The van der Waals surface area contributed by atoms with Crippen LogP contribution in [0.15, 0.2) is 42.5 Å². The molecule has 1 fully saturated rings. The Balaban J connectivity index is 1.71. The maximum atomic E-state index is 12.3. The molecule has 124 valence electrons. The molecule has 6 heteroatoms. The maximum absolute atomic E-state index is 12.3. The zero-order valence-electron chi connectivity index (χ0n) is 13.3. The Morgan fingerprint density at radius 1 is 1.21 bits per heavy atom. The minimum absolute atomic E-state index is 0.0433. The van der Waals surface area contributed by atoms with Crippen LogP contribution in [0.25, 0.3) is 0 Å². The van der Waals surface area contributed by atoms with E-state index in [0.29, 0.717) is 23.4 Å². The first-order valence-electron chi connectivity index (χ1n) is 7.67. The number of carbonyl (C=O) groups is 2. The number of amides is 2. The summed E-state index contributed by atoms with van der Waals surface area (Å²) in [4.78, 5) is 25.7. The van der Waals surface area contributed by atoms with Crippen LogP contribution in [0.4, 0.5) is 11.4 Å². The lowest BCUT2D eigenvalue weighted by Gasteiger charge is -2.15. The van der Waals surface area contributed by atoms with E-state index in [1.807, 2.05) is 0 Å². The van der Waals surface area contributed by atoms with Crippen LogP contribution in [0, 0.1) is 0 Å². The summed E-state index contributed by atoms with van der Waals surface area (Å²) >= 11 is 0. The second-order valence-corrected chi connectivity index (χ2v) is 5.54. The van der Waals surface area contributed by atoms with Gasteiger partial charge in [0.2, 0.25) is 5.91 Å². The van der Waals surface area contributed by atoms with Crippen molar-refractivity contribution in [1.29, 1.82) is 0 Å². The molecule has 0 aliphatic carbocycles. The SMILES string of the molecule is COc1ccc(NC(=O)c2ccc(N3CCCC3=O)cc2)cc1O. The molecule has 0 atom stereocenters. The van der Waals surface area contributed by atoms with Crippen LogP contribution < -0.4 is 15.0 Å². The lowest BCUT2D eigenvalue weighted by atomic mass is 10.1. The van der Waals surface area contributed by atoms with Gasteiger partial charge in [-0.15, -0.1) is 0 Å². The van der Waals surface area contributed by atoms with Crippen molar-refractivity contribution in [3.05, 3.63) is 48.0 Å². The van der Waals surface area contributed by atoms with Crippen LogP contribution in [-0.2, 0) is 4.79 Å². The summed E-state index contributed by atoms with van der Waals surface area (Å²) in [6, 6.07) is 11.5. The normalized spacial score (nSPS) is 13.9. The van der Waals surface area contributed by atoms with Gasteiger partial charge in [-0.1, -0.05) is 0 Å². The Labute approximate surface area is 139 Å². The number of ether oxygens (including phenoxy) is 1. The van der Waals surface area contributed by atoms with E-state index in [1.165, 1.54) is 13.2 Å². The van der Waals surface area contributed by atoms with Gasteiger partial charge in [0.15, 0.2) is 11.5 Å². The smallest absolute Gasteiger partial charge is 0.255 e. The Hall–Kier alpha value is -3.02. The van der Waals surface area contributed by atoms with Gasteiger partial charge in [0.1, 0.15) is 0 Å². The molecule has 0 aromatic heterocycles. The lowest BCUT2D eigenvalue weighted by molar-refractivity contribution is -0.117. The number of aromatic hydroxyl groups is 1. The third-order valence-electron chi connectivity index (χ3n) is 3.95. The van der Waals surface area contributed by atoms with Crippen molar-refractivity contribution >= 4 is 23.2 Å². The number of nitrogens with one attached hydrogen (secondary N) is 1. The van der Waals surface area contributed by atoms with Crippen molar-refractivity contribution in [2.24, 2.45) is 0 Å². The van der Waals surface area contributed by atoms with Crippen molar-refractivity contribution in [2.45, 2.75) is 12.8 Å². The predicted molar refractivity (Wildman–Crippen MR) is 90.6 cm³/mol. The van der Waals surface area contributed by atoms with Crippen LogP contribution in [0.1, 0.15) is 23.2 Å². The van der Waals surface area contributed by atoms with Gasteiger partial charge in [0.05, 0.1) is 7.11 Å². The molecule has 6 nitrogen and oxygen atoms in total. The van der Waals surface area contributed by atoms with Crippen LogP contribution in [0.5, 0.6) is 11.5 Å². The van der Waals surface area contributed by atoms with Gasteiger partial charge in [0, 0.05) is 36.0 Å². The summed E-state index contributed by atoms with van der Waals surface area (Å²) in [5, 5.41) is 12.5. The van der Waals surface area contributed by atoms with Crippen molar-refractivity contribution in [1.82, 2.24) is 0 Å². The largest absolute Gasteiger partial charge is 0.504 e. The maximum Gasteiger partial charge on any atom is 0.255 e. The Morgan fingerprint density at radius 2 is 1.96 bits per heavy atom. The molecule has 24 heavy (non-hydrogen) atoms. The van der Waals surface area contributed by atoms with E-state index < -0.39 is 0 Å². The highest BCUT2D eigenvalue weighted by Gasteiger charge is 2.21. The van der Waals surface area contributed by atoms with Gasteiger partial charge in [-0.25, -0.2) is 0 Å². The number of nitrogens with zero attached hydrogens (tertiary/aromatic N) is 1. The van der Waals surface area contributed by atoms with Crippen LogP contribution in [0.2, 0.25) is 0 Å². The molecule has 2 N–H and O–H groups in total. The number of methoxy groups -OCH3 is 1. The fourth-order valence-corrected chi connectivity index (χ4v) is 2.68. The van der Waals surface area contributed by atoms with Gasteiger partial charge < -0.3 is 20.1 Å². The second kappa shape index (κ2) is 6.62. The first-order chi connectivity index (χ1) is 11.6. The third kappa shape index (κ3) is 3.17. The number of anilines is 2. The molecule has 1 saturated heterocycles. The minimum Gasteiger partial charge on any atom is -0.504 e. The molecule has 0 radical (unpaired) electrons. The number of rotatable bonds is 4. The molecule has 2 amide bonds. The summed E-state index contributed by atoms with van der Waals surface area (Å²) in [6.07, 6.45) is 1.44. The quantitative estimate of drug-likeness (QED) is 0.905. The standard InChI is InChI=1S/C18H18N2O4/c1-24-16-9-6-13(11-15(16)21)19-18(23)12-4-7-14(8-5-12)20-10-2-3-17(20)22/h4-9,11,21H,2-3,10H2,1H3,(H,19,23). The summed E-state index contributed by atoms with van der Waals surface area (Å²) in [6.45, 7) is 0.718. The first-order valence-corrected chi connectivity index (χ1v) is 7.67. The average Bonchev–Trinajstić information content (AvgIpc) is 3.01. The van der Waals surface area contributed by atoms with E-state index in [9.17, 15) is 14.7 Å². The van der Waals surface area contributed by atoms with Gasteiger partial charge in [-0.05, 0) is 42.8 Å². The molecule has 0 saturated carbocycles. The fraction of sp³-hybridized carbons (Fsp3) is 0.222. The number of carbonyl (C=O) groups excluding carboxylic acids is 2. The Morgan fingerprint density at radius 3 is 2.54 bits per heavy atom. The van der Waals surface area contributed by atoms with E-state index in [1.54, 1.807) is 41.3 Å². The van der Waals surface area contributed by atoms with E-state index >= 15 is 0 Å². The molecule has 0 spiro atoms. The van der Waals surface area contributed by atoms with E-state index in [4.69, 9.17) is 4.74 Å².